The molecule has 11 heteroatoms. The molecule has 1 aromatic carbocycles. The lowest BCUT2D eigenvalue weighted by Gasteiger charge is -2.15. The zero-order valence-corrected chi connectivity index (χ0v) is 20.3. The van der Waals surface area contributed by atoms with E-state index in [1.807, 2.05) is 70.0 Å². The van der Waals surface area contributed by atoms with E-state index < -0.39 is 0 Å². The summed E-state index contributed by atoms with van der Waals surface area (Å²) in [7, 11) is 1.89. The number of aryl methyl sites for hydroxylation is 2. The number of carbonyl (C=O) groups is 1. The molecule has 0 saturated carbocycles. The van der Waals surface area contributed by atoms with Crippen LogP contribution in [0.5, 0.6) is 0 Å². The number of fused-ring (bicyclic) bond motifs is 1. The Morgan fingerprint density at radius 2 is 1.89 bits per heavy atom. The van der Waals surface area contributed by atoms with E-state index in [4.69, 9.17) is 0 Å². The summed E-state index contributed by atoms with van der Waals surface area (Å²) in [6, 6.07) is 8.12. The minimum Gasteiger partial charge on any atom is -0.345 e. The molecular formula is C24H26N10O. The third-order valence-corrected chi connectivity index (χ3v) is 5.72. The molecule has 0 fully saturated rings. The Hall–Kier alpha value is -4.41. The molecule has 0 aliphatic carbocycles. The molecule has 4 aromatic heterocycles. The van der Waals surface area contributed by atoms with Gasteiger partial charge in [-0.15, -0.1) is 10.2 Å². The fourth-order valence-electron chi connectivity index (χ4n) is 3.77. The molecule has 0 saturated heterocycles. The van der Waals surface area contributed by atoms with Crippen LogP contribution in [-0.2, 0) is 19.1 Å². The van der Waals surface area contributed by atoms with Gasteiger partial charge in [0.15, 0.2) is 0 Å². The van der Waals surface area contributed by atoms with E-state index in [1.165, 1.54) is 4.80 Å². The largest absolute Gasteiger partial charge is 0.345 e. The number of tetrazole rings is 1. The quantitative estimate of drug-likeness (QED) is 0.419. The van der Waals surface area contributed by atoms with Crippen LogP contribution in [0, 0.1) is 6.92 Å². The summed E-state index contributed by atoms with van der Waals surface area (Å²) in [5.41, 5.74) is 6.42. The molecule has 0 spiro atoms. The van der Waals surface area contributed by atoms with Crippen molar-refractivity contribution >= 4 is 11.4 Å². The maximum atomic E-state index is 12.5. The van der Waals surface area contributed by atoms with Crippen LogP contribution < -0.4 is 5.32 Å². The highest BCUT2D eigenvalue weighted by molar-refractivity contribution is 5.90. The van der Waals surface area contributed by atoms with Gasteiger partial charge in [-0.05, 0) is 56.2 Å². The first-order chi connectivity index (χ1) is 16.7. The third kappa shape index (κ3) is 4.39. The molecule has 0 bridgehead atoms. The number of hydrogen-bond donors (Lipinski definition) is 1. The predicted octanol–water partition coefficient (Wildman–Crippen LogP) is 2.78. The molecule has 1 N–H and O–H groups in total. The number of benzene rings is 1. The molecule has 0 unspecified atom stereocenters. The maximum Gasteiger partial charge on any atom is 0.293 e. The van der Waals surface area contributed by atoms with Crippen LogP contribution in [0.2, 0.25) is 0 Å². The van der Waals surface area contributed by atoms with Crippen molar-refractivity contribution in [1.29, 1.82) is 0 Å². The summed E-state index contributed by atoms with van der Waals surface area (Å²) in [6.07, 6.45) is 7.32. The molecule has 5 rings (SSSR count). The minimum absolute atomic E-state index is 0.0511. The highest BCUT2D eigenvalue weighted by Gasteiger charge is 2.20. The number of rotatable bonds is 5. The molecule has 11 nitrogen and oxygen atoms in total. The first-order valence-electron chi connectivity index (χ1n) is 11.2. The highest BCUT2D eigenvalue weighted by Crippen LogP contribution is 2.28. The summed E-state index contributed by atoms with van der Waals surface area (Å²) < 4.78 is 3.60. The standard InChI is InChI=1S/C24H26N10O/c1-15-8-16(6-7-17(15)10-25-23(35)22-29-31-34(30-22)24(2,3)4)21-20-9-18(13-33(20)28-14-26-21)19-11-27-32(5)12-19/h6-9,11-14H,10H2,1-5H3,(H,25,35). The molecule has 5 aromatic rings. The molecular weight excluding hydrogens is 444 g/mol. The van der Waals surface area contributed by atoms with Gasteiger partial charge in [0.25, 0.3) is 11.7 Å². The molecule has 1 amide bonds. The maximum absolute atomic E-state index is 12.5. The Kier molecular flexibility index (Phi) is 5.39. The van der Waals surface area contributed by atoms with Gasteiger partial charge in [-0.3, -0.25) is 9.48 Å². The molecule has 0 aliphatic heterocycles. The molecule has 0 radical (unpaired) electrons. The van der Waals surface area contributed by atoms with Gasteiger partial charge in [-0.2, -0.15) is 15.0 Å². The van der Waals surface area contributed by atoms with Gasteiger partial charge in [0.05, 0.1) is 22.9 Å². The van der Waals surface area contributed by atoms with Gasteiger partial charge >= 0.3 is 0 Å². The van der Waals surface area contributed by atoms with Gasteiger partial charge in [0.1, 0.15) is 6.33 Å². The number of nitrogens with one attached hydrogen (secondary N) is 1. The monoisotopic (exact) mass is 470 g/mol. The number of carbonyl (C=O) groups excluding carboxylic acids is 1. The Bertz CT molecular complexity index is 1540. The second-order valence-corrected chi connectivity index (χ2v) is 9.47. The van der Waals surface area contributed by atoms with E-state index in [1.54, 1.807) is 11.0 Å². The Morgan fingerprint density at radius 3 is 2.57 bits per heavy atom. The van der Waals surface area contributed by atoms with Gasteiger partial charge < -0.3 is 5.32 Å². The summed E-state index contributed by atoms with van der Waals surface area (Å²) in [5, 5.41) is 23.5. The normalized spacial score (nSPS) is 11.8. The fourth-order valence-corrected chi connectivity index (χ4v) is 3.77. The second-order valence-electron chi connectivity index (χ2n) is 9.47. The zero-order valence-electron chi connectivity index (χ0n) is 20.3. The average molecular weight is 471 g/mol. The molecule has 0 aliphatic rings. The number of amides is 1. The van der Waals surface area contributed by atoms with Crippen LogP contribution in [0.3, 0.4) is 0 Å². The minimum atomic E-state index is -0.363. The van der Waals surface area contributed by atoms with Gasteiger partial charge in [0.2, 0.25) is 0 Å². The summed E-state index contributed by atoms with van der Waals surface area (Å²) >= 11 is 0. The molecule has 0 atom stereocenters. The zero-order chi connectivity index (χ0) is 24.7. The van der Waals surface area contributed by atoms with Crippen molar-refractivity contribution < 1.29 is 4.79 Å². The smallest absolute Gasteiger partial charge is 0.293 e. The van der Waals surface area contributed by atoms with E-state index in [9.17, 15) is 4.79 Å². The van der Waals surface area contributed by atoms with Gasteiger partial charge in [0, 0.05) is 42.7 Å². The van der Waals surface area contributed by atoms with E-state index in [-0.39, 0.29) is 17.3 Å². The van der Waals surface area contributed by atoms with Crippen molar-refractivity contribution in [2.45, 2.75) is 39.8 Å². The third-order valence-electron chi connectivity index (χ3n) is 5.72. The number of hydrogen-bond acceptors (Lipinski definition) is 7. The van der Waals surface area contributed by atoms with Crippen LogP contribution in [0.15, 0.2) is 49.2 Å². The second kappa shape index (κ2) is 8.42. The summed E-state index contributed by atoms with van der Waals surface area (Å²) in [5.74, 6) is -0.312. The van der Waals surface area contributed by atoms with E-state index in [0.717, 1.165) is 39.0 Å². The van der Waals surface area contributed by atoms with Crippen molar-refractivity contribution in [2.75, 3.05) is 0 Å². The van der Waals surface area contributed by atoms with E-state index >= 15 is 0 Å². The van der Waals surface area contributed by atoms with Crippen molar-refractivity contribution in [3.63, 3.8) is 0 Å². The number of aromatic nitrogens is 9. The lowest BCUT2D eigenvalue weighted by Crippen LogP contribution is -2.27. The molecule has 178 valence electrons. The van der Waals surface area contributed by atoms with Gasteiger partial charge in [-0.25, -0.2) is 9.50 Å². The van der Waals surface area contributed by atoms with E-state index in [0.29, 0.717) is 6.54 Å². The highest BCUT2D eigenvalue weighted by atomic mass is 16.2. The topological polar surface area (TPSA) is 121 Å². The Labute approximate surface area is 201 Å². The van der Waals surface area contributed by atoms with Crippen molar-refractivity contribution in [2.24, 2.45) is 7.05 Å². The Balaban J connectivity index is 1.36. The van der Waals surface area contributed by atoms with E-state index in [2.05, 4.69) is 48.0 Å². The summed E-state index contributed by atoms with van der Waals surface area (Å²) in [4.78, 5) is 18.5. The van der Waals surface area contributed by atoms with Gasteiger partial charge in [-0.1, -0.05) is 12.1 Å². The molecule has 35 heavy (non-hydrogen) atoms. The number of nitrogens with zero attached hydrogens (tertiary/aromatic N) is 9. The molecule has 4 heterocycles. The first-order valence-corrected chi connectivity index (χ1v) is 11.2. The van der Waals surface area contributed by atoms with Crippen molar-refractivity contribution in [3.05, 3.63) is 66.1 Å². The summed E-state index contributed by atoms with van der Waals surface area (Å²) in [6.45, 7) is 8.20. The Morgan fingerprint density at radius 1 is 1.06 bits per heavy atom. The van der Waals surface area contributed by atoms with Crippen LogP contribution >= 0.6 is 0 Å². The van der Waals surface area contributed by atoms with Crippen molar-refractivity contribution in [3.8, 4) is 22.4 Å². The van der Waals surface area contributed by atoms with Crippen LogP contribution in [-0.4, -0.2) is 50.5 Å². The van der Waals surface area contributed by atoms with Crippen LogP contribution in [0.25, 0.3) is 27.9 Å². The SMILES string of the molecule is Cc1cc(-c2ncnn3cc(-c4cnn(C)c4)cc23)ccc1CNC(=O)c1nnn(C(C)(C)C)n1. The fraction of sp³-hybridized carbons (Fsp3) is 0.292. The van der Waals surface area contributed by atoms with Crippen molar-refractivity contribution in [1.82, 2.24) is 49.9 Å². The lowest BCUT2D eigenvalue weighted by atomic mass is 10.0. The van der Waals surface area contributed by atoms with Crippen LogP contribution in [0.1, 0.15) is 42.5 Å². The lowest BCUT2D eigenvalue weighted by molar-refractivity contribution is 0.0939. The predicted molar refractivity (Wildman–Crippen MR) is 129 cm³/mol. The first kappa shape index (κ1) is 22.4. The van der Waals surface area contributed by atoms with Crippen LogP contribution in [0.4, 0.5) is 0 Å². The average Bonchev–Trinajstić information content (AvgIpc) is 3.56.